The Morgan fingerprint density at radius 2 is 2.35 bits per heavy atom. The lowest BCUT2D eigenvalue weighted by Crippen LogP contribution is -2.21. The van der Waals surface area contributed by atoms with Crippen LogP contribution in [0.2, 0.25) is 0 Å². The Morgan fingerprint density at radius 1 is 1.47 bits per heavy atom. The molecule has 6 nitrogen and oxygen atoms in total. The normalized spacial score (nSPS) is 20.2. The van der Waals surface area contributed by atoms with Crippen LogP contribution < -0.4 is 0 Å². The van der Waals surface area contributed by atoms with E-state index < -0.39 is 5.97 Å². The molecule has 0 saturated carbocycles. The fourth-order valence-corrected chi connectivity index (χ4v) is 1.77. The Labute approximate surface area is 99.3 Å². The topological polar surface area (TPSA) is 74.5 Å². The molecule has 0 N–H and O–H groups in total. The lowest BCUT2D eigenvalue weighted by Gasteiger charge is -2.20. The van der Waals surface area contributed by atoms with Gasteiger partial charge < -0.3 is 13.9 Å². The highest BCUT2D eigenvalue weighted by Gasteiger charge is 2.20. The van der Waals surface area contributed by atoms with Gasteiger partial charge in [0.15, 0.2) is 0 Å². The first-order valence-electron chi connectivity index (χ1n) is 5.90. The van der Waals surface area contributed by atoms with Crippen LogP contribution in [0.15, 0.2) is 4.42 Å². The number of carbonyl (C=O) groups is 1. The van der Waals surface area contributed by atoms with Crippen molar-refractivity contribution < 1.29 is 18.7 Å². The Morgan fingerprint density at radius 3 is 3.06 bits per heavy atom. The van der Waals surface area contributed by atoms with Crippen LogP contribution in [0.25, 0.3) is 0 Å². The number of esters is 1. The van der Waals surface area contributed by atoms with Gasteiger partial charge in [-0.05, 0) is 26.2 Å². The third-order valence-electron chi connectivity index (χ3n) is 2.59. The SMILES string of the molecule is CCOC(=O)c1nnc(CC2CCCCO2)o1. The second kappa shape index (κ2) is 5.77. The summed E-state index contributed by atoms with van der Waals surface area (Å²) in [7, 11) is 0. The van der Waals surface area contributed by atoms with Gasteiger partial charge in [-0.3, -0.25) is 0 Å². The molecule has 94 valence electrons. The highest BCUT2D eigenvalue weighted by molar-refractivity contribution is 5.83. The zero-order chi connectivity index (χ0) is 12.1. The maximum Gasteiger partial charge on any atom is 0.396 e. The number of hydrogen-bond acceptors (Lipinski definition) is 6. The molecule has 1 aliphatic rings. The molecule has 0 amide bonds. The van der Waals surface area contributed by atoms with Gasteiger partial charge in [0.1, 0.15) is 0 Å². The van der Waals surface area contributed by atoms with Gasteiger partial charge in [-0.2, -0.15) is 0 Å². The van der Waals surface area contributed by atoms with Gasteiger partial charge in [-0.25, -0.2) is 4.79 Å². The van der Waals surface area contributed by atoms with Crippen molar-refractivity contribution in [2.45, 2.75) is 38.7 Å². The lowest BCUT2D eigenvalue weighted by molar-refractivity contribution is 0.0127. The molecule has 1 fully saturated rings. The van der Waals surface area contributed by atoms with E-state index in [1.165, 1.54) is 0 Å². The van der Waals surface area contributed by atoms with Crippen molar-refractivity contribution in [3.63, 3.8) is 0 Å². The second-order valence-corrected chi connectivity index (χ2v) is 3.91. The average molecular weight is 240 g/mol. The van der Waals surface area contributed by atoms with Gasteiger partial charge in [0.2, 0.25) is 5.89 Å². The Balaban J connectivity index is 1.91. The van der Waals surface area contributed by atoms with Gasteiger partial charge in [0.05, 0.1) is 19.1 Å². The van der Waals surface area contributed by atoms with Gasteiger partial charge in [-0.1, -0.05) is 0 Å². The van der Waals surface area contributed by atoms with Crippen LogP contribution in [0.4, 0.5) is 0 Å². The number of hydrogen-bond donors (Lipinski definition) is 0. The van der Waals surface area contributed by atoms with Crippen LogP contribution in [0.1, 0.15) is 42.8 Å². The number of carbonyl (C=O) groups excluding carboxylic acids is 1. The van der Waals surface area contributed by atoms with E-state index >= 15 is 0 Å². The van der Waals surface area contributed by atoms with Crippen LogP contribution in [0.5, 0.6) is 0 Å². The zero-order valence-corrected chi connectivity index (χ0v) is 9.85. The van der Waals surface area contributed by atoms with Gasteiger partial charge in [-0.15, -0.1) is 10.2 Å². The van der Waals surface area contributed by atoms with Gasteiger partial charge in [0.25, 0.3) is 0 Å². The predicted molar refractivity (Wildman–Crippen MR) is 57.5 cm³/mol. The molecule has 17 heavy (non-hydrogen) atoms. The highest BCUT2D eigenvalue weighted by atomic mass is 16.5. The van der Waals surface area contributed by atoms with E-state index in [-0.39, 0.29) is 12.0 Å². The summed E-state index contributed by atoms with van der Waals surface area (Å²) in [6, 6.07) is 0. The van der Waals surface area contributed by atoms with Crippen molar-refractivity contribution in [1.29, 1.82) is 0 Å². The maximum absolute atomic E-state index is 11.3. The minimum atomic E-state index is -0.573. The molecule has 1 unspecified atom stereocenters. The van der Waals surface area contributed by atoms with Crippen LogP contribution in [-0.4, -0.2) is 35.5 Å². The zero-order valence-electron chi connectivity index (χ0n) is 9.85. The van der Waals surface area contributed by atoms with E-state index in [0.29, 0.717) is 18.9 Å². The van der Waals surface area contributed by atoms with Crippen molar-refractivity contribution in [3.8, 4) is 0 Å². The van der Waals surface area contributed by atoms with E-state index in [1.807, 2.05) is 0 Å². The first-order chi connectivity index (χ1) is 8.29. The monoisotopic (exact) mass is 240 g/mol. The molecule has 1 aromatic heterocycles. The average Bonchev–Trinajstić information content (AvgIpc) is 2.79. The molecule has 0 aliphatic carbocycles. The molecule has 0 spiro atoms. The summed E-state index contributed by atoms with van der Waals surface area (Å²) in [5.41, 5.74) is 0. The summed E-state index contributed by atoms with van der Waals surface area (Å²) < 4.78 is 15.5. The van der Waals surface area contributed by atoms with Crippen LogP contribution in [0, 0.1) is 0 Å². The van der Waals surface area contributed by atoms with E-state index in [1.54, 1.807) is 6.92 Å². The largest absolute Gasteiger partial charge is 0.459 e. The third-order valence-corrected chi connectivity index (χ3v) is 2.59. The number of rotatable bonds is 4. The van der Waals surface area contributed by atoms with Crippen molar-refractivity contribution in [2.75, 3.05) is 13.2 Å². The minimum absolute atomic E-state index is 0.0855. The Kier molecular flexibility index (Phi) is 4.08. The highest BCUT2D eigenvalue weighted by Crippen LogP contribution is 2.16. The first kappa shape index (κ1) is 12.0. The van der Waals surface area contributed by atoms with Crippen LogP contribution in [0.3, 0.4) is 0 Å². The molecular formula is C11H16N2O4. The molecule has 6 heteroatoms. The lowest BCUT2D eigenvalue weighted by atomic mass is 10.1. The standard InChI is InChI=1S/C11H16N2O4/c1-2-15-11(14)10-13-12-9(17-10)7-8-5-3-4-6-16-8/h8H,2-7H2,1H3. The quantitative estimate of drug-likeness (QED) is 0.740. The molecular weight excluding hydrogens is 224 g/mol. The fraction of sp³-hybridized carbons (Fsp3) is 0.727. The third kappa shape index (κ3) is 3.26. The smallest absolute Gasteiger partial charge is 0.396 e. The summed E-state index contributed by atoms with van der Waals surface area (Å²) in [6.07, 6.45) is 3.95. The summed E-state index contributed by atoms with van der Waals surface area (Å²) in [5, 5.41) is 7.47. The number of nitrogens with zero attached hydrogens (tertiary/aromatic N) is 2. The van der Waals surface area contributed by atoms with E-state index in [0.717, 1.165) is 25.9 Å². The van der Waals surface area contributed by atoms with Gasteiger partial charge in [0, 0.05) is 6.61 Å². The Hall–Kier alpha value is -1.43. The number of aromatic nitrogens is 2. The molecule has 0 bridgehead atoms. The Bertz CT molecular complexity index is 371. The van der Waals surface area contributed by atoms with Crippen molar-refractivity contribution >= 4 is 5.97 Å². The van der Waals surface area contributed by atoms with E-state index in [2.05, 4.69) is 10.2 Å². The molecule has 1 aromatic rings. The van der Waals surface area contributed by atoms with E-state index in [4.69, 9.17) is 13.9 Å². The fourth-order valence-electron chi connectivity index (χ4n) is 1.77. The van der Waals surface area contributed by atoms with Crippen molar-refractivity contribution in [3.05, 3.63) is 11.8 Å². The summed E-state index contributed by atoms with van der Waals surface area (Å²) in [6.45, 7) is 2.80. The summed E-state index contributed by atoms with van der Waals surface area (Å²) >= 11 is 0. The number of ether oxygens (including phenoxy) is 2. The molecule has 1 saturated heterocycles. The molecule has 0 radical (unpaired) electrons. The minimum Gasteiger partial charge on any atom is -0.459 e. The maximum atomic E-state index is 11.3. The van der Waals surface area contributed by atoms with Crippen molar-refractivity contribution in [2.24, 2.45) is 0 Å². The van der Waals surface area contributed by atoms with Crippen LogP contribution >= 0.6 is 0 Å². The molecule has 0 aromatic carbocycles. The van der Waals surface area contributed by atoms with Gasteiger partial charge >= 0.3 is 11.9 Å². The van der Waals surface area contributed by atoms with Crippen LogP contribution in [-0.2, 0) is 15.9 Å². The molecule has 1 atom stereocenters. The summed E-state index contributed by atoms with van der Waals surface area (Å²) in [5.74, 6) is -0.228. The molecule has 1 aliphatic heterocycles. The van der Waals surface area contributed by atoms with E-state index in [9.17, 15) is 4.79 Å². The second-order valence-electron chi connectivity index (χ2n) is 3.91. The first-order valence-corrected chi connectivity index (χ1v) is 5.90. The molecule has 2 heterocycles. The predicted octanol–water partition coefficient (Wildman–Crippen LogP) is 1.36. The van der Waals surface area contributed by atoms with Crippen molar-refractivity contribution in [1.82, 2.24) is 10.2 Å². The summed E-state index contributed by atoms with van der Waals surface area (Å²) in [4.78, 5) is 11.3. The molecule has 2 rings (SSSR count).